The van der Waals surface area contributed by atoms with E-state index in [1.807, 2.05) is 0 Å². The summed E-state index contributed by atoms with van der Waals surface area (Å²) in [5, 5.41) is 3.43. The first-order chi connectivity index (χ1) is 7.76. The van der Waals surface area contributed by atoms with E-state index >= 15 is 0 Å². The van der Waals surface area contributed by atoms with Gasteiger partial charge in [0.15, 0.2) is 0 Å². The number of rotatable bonds is 7. The van der Waals surface area contributed by atoms with Gasteiger partial charge in [-0.25, -0.2) is 0 Å². The first kappa shape index (κ1) is 13.5. The zero-order chi connectivity index (χ0) is 11.8. The molecule has 0 heterocycles. The van der Waals surface area contributed by atoms with Crippen molar-refractivity contribution in [3.8, 4) is 0 Å². The average Bonchev–Trinajstić information content (AvgIpc) is 2.30. The topological polar surface area (TPSA) is 15.3 Å². The van der Waals surface area contributed by atoms with Crippen molar-refractivity contribution in [1.29, 1.82) is 0 Å². The van der Waals surface area contributed by atoms with Gasteiger partial charge in [0.25, 0.3) is 0 Å². The Morgan fingerprint density at radius 2 is 1.81 bits per heavy atom. The van der Waals surface area contributed by atoms with E-state index in [1.165, 1.54) is 18.7 Å². The molecule has 0 fully saturated rings. The molecular formula is C13H21BrN2. The summed E-state index contributed by atoms with van der Waals surface area (Å²) in [5.41, 5.74) is 1.19. The van der Waals surface area contributed by atoms with Gasteiger partial charge < -0.3 is 10.2 Å². The van der Waals surface area contributed by atoms with E-state index in [1.54, 1.807) is 0 Å². The van der Waals surface area contributed by atoms with E-state index < -0.39 is 0 Å². The molecule has 1 aromatic carbocycles. The molecule has 0 saturated carbocycles. The van der Waals surface area contributed by atoms with Crippen molar-refractivity contribution in [2.45, 2.75) is 20.3 Å². The maximum atomic E-state index is 3.43. The molecule has 0 aromatic heterocycles. The van der Waals surface area contributed by atoms with Crippen LogP contribution in [0.1, 0.15) is 20.3 Å². The lowest BCUT2D eigenvalue weighted by atomic mass is 10.3. The van der Waals surface area contributed by atoms with Crippen molar-refractivity contribution in [3.63, 3.8) is 0 Å². The Bertz CT molecular complexity index is 284. The molecule has 0 aliphatic heterocycles. The Morgan fingerprint density at radius 1 is 1.12 bits per heavy atom. The van der Waals surface area contributed by atoms with Gasteiger partial charge in [-0.2, -0.15) is 0 Å². The maximum Gasteiger partial charge on any atom is 0.0341 e. The number of halogens is 1. The Balaban J connectivity index is 2.26. The van der Waals surface area contributed by atoms with Crippen molar-refractivity contribution in [1.82, 2.24) is 4.90 Å². The standard InChI is InChI=1S/C13H21BrN2/c1-3-10-16(4-2)11-9-15-13-7-5-12(14)6-8-13/h5-8,15H,3-4,9-11H2,1-2H3. The summed E-state index contributed by atoms with van der Waals surface area (Å²) >= 11 is 3.43. The highest BCUT2D eigenvalue weighted by Gasteiger charge is 1.99. The van der Waals surface area contributed by atoms with Crippen LogP contribution in [0.5, 0.6) is 0 Å². The zero-order valence-corrected chi connectivity index (χ0v) is 11.8. The van der Waals surface area contributed by atoms with Gasteiger partial charge in [-0.15, -0.1) is 0 Å². The fourth-order valence-corrected chi connectivity index (χ4v) is 1.93. The molecule has 0 unspecified atom stereocenters. The molecule has 1 aromatic rings. The zero-order valence-electron chi connectivity index (χ0n) is 10.2. The second-order valence-corrected chi connectivity index (χ2v) is 4.78. The van der Waals surface area contributed by atoms with Gasteiger partial charge in [0.1, 0.15) is 0 Å². The Morgan fingerprint density at radius 3 is 2.38 bits per heavy atom. The van der Waals surface area contributed by atoms with Gasteiger partial charge in [0.2, 0.25) is 0 Å². The summed E-state index contributed by atoms with van der Waals surface area (Å²) in [6, 6.07) is 8.32. The number of benzene rings is 1. The van der Waals surface area contributed by atoms with Crippen LogP contribution >= 0.6 is 15.9 Å². The quantitative estimate of drug-likeness (QED) is 0.823. The number of anilines is 1. The fourth-order valence-electron chi connectivity index (χ4n) is 1.67. The van der Waals surface area contributed by atoms with Crippen molar-refractivity contribution >= 4 is 21.6 Å². The van der Waals surface area contributed by atoms with Crippen molar-refractivity contribution in [3.05, 3.63) is 28.7 Å². The Kier molecular flexibility index (Phi) is 6.50. The molecular weight excluding hydrogens is 264 g/mol. The largest absolute Gasteiger partial charge is 0.384 e. The van der Waals surface area contributed by atoms with Crippen LogP contribution in [0.2, 0.25) is 0 Å². The summed E-state index contributed by atoms with van der Waals surface area (Å²) in [6.07, 6.45) is 1.23. The van der Waals surface area contributed by atoms with Crippen LogP contribution in [-0.4, -0.2) is 31.1 Å². The highest BCUT2D eigenvalue weighted by atomic mass is 79.9. The summed E-state index contributed by atoms with van der Waals surface area (Å²) in [4.78, 5) is 2.46. The van der Waals surface area contributed by atoms with Gasteiger partial charge in [-0.3, -0.25) is 0 Å². The maximum absolute atomic E-state index is 3.43. The lowest BCUT2D eigenvalue weighted by molar-refractivity contribution is 0.300. The smallest absolute Gasteiger partial charge is 0.0341 e. The Hall–Kier alpha value is -0.540. The predicted molar refractivity (Wildman–Crippen MR) is 75.0 cm³/mol. The molecule has 16 heavy (non-hydrogen) atoms. The third kappa shape index (κ3) is 4.99. The van der Waals surface area contributed by atoms with Gasteiger partial charge in [0, 0.05) is 23.2 Å². The lowest BCUT2D eigenvalue weighted by Crippen LogP contribution is -2.29. The minimum absolute atomic E-state index is 1.01. The second-order valence-electron chi connectivity index (χ2n) is 3.87. The van der Waals surface area contributed by atoms with Crippen molar-refractivity contribution in [2.75, 3.05) is 31.5 Å². The highest BCUT2D eigenvalue weighted by Crippen LogP contribution is 2.13. The molecule has 3 heteroatoms. The second kappa shape index (κ2) is 7.69. The van der Waals surface area contributed by atoms with E-state index in [-0.39, 0.29) is 0 Å². The number of nitrogens with zero attached hydrogens (tertiary/aromatic N) is 1. The van der Waals surface area contributed by atoms with Crippen LogP contribution in [0, 0.1) is 0 Å². The van der Waals surface area contributed by atoms with Crippen molar-refractivity contribution in [2.24, 2.45) is 0 Å². The first-order valence-corrected chi connectivity index (χ1v) is 6.77. The summed E-state index contributed by atoms with van der Waals surface area (Å²) in [7, 11) is 0. The molecule has 2 nitrogen and oxygen atoms in total. The number of nitrogens with one attached hydrogen (secondary N) is 1. The monoisotopic (exact) mass is 284 g/mol. The van der Waals surface area contributed by atoms with E-state index in [0.717, 1.165) is 24.1 Å². The minimum Gasteiger partial charge on any atom is -0.384 e. The van der Waals surface area contributed by atoms with Gasteiger partial charge in [0.05, 0.1) is 0 Å². The third-order valence-electron chi connectivity index (χ3n) is 2.59. The molecule has 0 spiro atoms. The van der Waals surface area contributed by atoms with Crippen LogP contribution in [0.3, 0.4) is 0 Å². The number of hydrogen-bond acceptors (Lipinski definition) is 2. The molecule has 0 amide bonds. The summed E-state index contributed by atoms with van der Waals surface area (Å²) < 4.78 is 1.12. The van der Waals surface area contributed by atoms with Crippen molar-refractivity contribution < 1.29 is 0 Å². The molecule has 1 rings (SSSR count). The first-order valence-electron chi connectivity index (χ1n) is 5.98. The van der Waals surface area contributed by atoms with Crippen LogP contribution in [0.25, 0.3) is 0 Å². The molecule has 90 valence electrons. The van der Waals surface area contributed by atoms with Gasteiger partial charge in [-0.1, -0.05) is 29.8 Å². The Labute approximate surface area is 107 Å². The molecule has 1 N–H and O–H groups in total. The molecule has 0 saturated heterocycles. The van der Waals surface area contributed by atoms with E-state index in [4.69, 9.17) is 0 Å². The SMILES string of the molecule is CCCN(CC)CCNc1ccc(Br)cc1. The van der Waals surface area contributed by atoms with Crippen LogP contribution in [0.15, 0.2) is 28.7 Å². The molecule has 0 aliphatic rings. The summed E-state index contributed by atoms with van der Waals surface area (Å²) in [6.45, 7) is 8.89. The number of hydrogen-bond donors (Lipinski definition) is 1. The molecule has 0 atom stereocenters. The highest BCUT2D eigenvalue weighted by molar-refractivity contribution is 9.10. The van der Waals surface area contributed by atoms with Crippen LogP contribution in [0.4, 0.5) is 5.69 Å². The van der Waals surface area contributed by atoms with Crippen LogP contribution < -0.4 is 5.32 Å². The fraction of sp³-hybridized carbons (Fsp3) is 0.538. The summed E-state index contributed by atoms with van der Waals surface area (Å²) in [5.74, 6) is 0. The average molecular weight is 285 g/mol. The molecule has 0 aliphatic carbocycles. The van der Waals surface area contributed by atoms with Crippen LogP contribution in [-0.2, 0) is 0 Å². The molecule has 0 bridgehead atoms. The normalized spacial score (nSPS) is 10.8. The van der Waals surface area contributed by atoms with E-state index in [2.05, 4.69) is 64.3 Å². The number of likely N-dealkylation sites (N-methyl/N-ethyl adjacent to an activating group) is 1. The van der Waals surface area contributed by atoms with E-state index in [9.17, 15) is 0 Å². The minimum atomic E-state index is 1.01. The molecule has 0 radical (unpaired) electrons. The predicted octanol–water partition coefficient (Wildman–Crippen LogP) is 3.59. The van der Waals surface area contributed by atoms with Gasteiger partial charge >= 0.3 is 0 Å². The van der Waals surface area contributed by atoms with Gasteiger partial charge in [-0.05, 0) is 43.8 Å². The van der Waals surface area contributed by atoms with E-state index in [0.29, 0.717) is 0 Å². The third-order valence-corrected chi connectivity index (χ3v) is 3.12. The lowest BCUT2D eigenvalue weighted by Gasteiger charge is -2.19.